The highest BCUT2D eigenvalue weighted by Crippen LogP contribution is 2.33. The second-order valence-corrected chi connectivity index (χ2v) is 7.48. The van der Waals surface area contributed by atoms with Crippen LogP contribution < -0.4 is 15.5 Å². The van der Waals surface area contributed by atoms with E-state index in [0.717, 1.165) is 55.6 Å². The Bertz CT molecular complexity index is 964. The molecule has 1 atom stereocenters. The molecule has 0 saturated carbocycles. The lowest BCUT2D eigenvalue weighted by atomic mass is 9.98. The third-order valence-electron chi connectivity index (χ3n) is 5.75. The summed E-state index contributed by atoms with van der Waals surface area (Å²) in [5, 5.41) is 0.955. The molecule has 3 aromatic rings. The summed E-state index contributed by atoms with van der Waals surface area (Å²) >= 11 is 0. The van der Waals surface area contributed by atoms with Gasteiger partial charge in [-0.1, -0.05) is 6.07 Å². The highest BCUT2D eigenvalue weighted by atomic mass is 19.1. The summed E-state index contributed by atoms with van der Waals surface area (Å²) in [6, 6.07) is 12.0. The molecule has 0 bridgehead atoms. The number of nitrogens with zero attached hydrogens (tertiary/aromatic N) is 2. The number of halogens is 1. The van der Waals surface area contributed by atoms with Crippen molar-refractivity contribution in [3.05, 3.63) is 59.5 Å². The van der Waals surface area contributed by atoms with Gasteiger partial charge in [0.25, 0.3) is 0 Å². The first-order chi connectivity index (χ1) is 12.7. The summed E-state index contributed by atoms with van der Waals surface area (Å²) in [7, 11) is 0. The first-order valence-electron chi connectivity index (χ1n) is 9.31. The quantitative estimate of drug-likeness (QED) is 0.745. The molecule has 1 saturated heterocycles. The lowest BCUT2D eigenvalue weighted by molar-refractivity contribution is 0.629. The van der Waals surface area contributed by atoms with Gasteiger partial charge in [-0.25, -0.2) is 4.39 Å². The molecule has 1 unspecified atom stereocenters. The van der Waals surface area contributed by atoms with E-state index in [1.807, 2.05) is 6.20 Å². The highest BCUT2D eigenvalue weighted by Gasteiger charge is 2.23. The van der Waals surface area contributed by atoms with Crippen molar-refractivity contribution in [2.75, 3.05) is 29.4 Å². The third kappa shape index (κ3) is 2.63. The molecule has 1 aromatic heterocycles. The largest absolute Gasteiger partial charge is 0.370 e. The van der Waals surface area contributed by atoms with Crippen LogP contribution in [0, 0.1) is 5.82 Å². The first-order valence-corrected chi connectivity index (χ1v) is 9.31. The van der Waals surface area contributed by atoms with Crippen LogP contribution in [0.1, 0.15) is 17.5 Å². The van der Waals surface area contributed by atoms with E-state index < -0.39 is 0 Å². The SMILES string of the molecule is NC1CCN(c2ccc3c(c2)CCN(c2c[nH]c4ccc(F)cc24)C3)C1. The monoisotopic (exact) mass is 350 g/mol. The van der Waals surface area contributed by atoms with Crippen molar-refractivity contribution in [1.82, 2.24) is 4.98 Å². The van der Waals surface area contributed by atoms with Crippen molar-refractivity contribution in [3.8, 4) is 0 Å². The van der Waals surface area contributed by atoms with Crippen LogP contribution in [0.2, 0.25) is 0 Å². The topological polar surface area (TPSA) is 48.3 Å². The van der Waals surface area contributed by atoms with Gasteiger partial charge in [-0.3, -0.25) is 0 Å². The van der Waals surface area contributed by atoms with Gasteiger partial charge in [0, 0.05) is 55.0 Å². The van der Waals surface area contributed by atoms with E-state index >= 15 is 0 Å². The van der Waals surface area contributed by atoms with E-state index in [1.165, 1.54) is 22.9 Å². The summed E-state index contributed by atoms with van der Waals surface area (Å²) in [5.74, 6) is -0.191. The number of hydrogen-bond donors (Lipinski definition) is 2. The minimum Gasteiger partial charge on any atom is -0.370 e. The third-order valence-corrected chi connectivity index (χ3v) is 5.75. The van der Waals surface area contributed by atoms with E-state index in [1.54, 1.807) is 12.1 Å². The number of nitrogens with one attached hydrogen (secondary N) is 1. The zero-order valence-electron chi connectivity index (χ0n) is 14.7. The average molecular weight is 350 g/mol. The molecule has 2 aromatic carbocycles. The van der Waals surface area contributed by atoms with Crippen molar-refractivity contribution in [2.24, 2.45) is 5.73 Å². The number of nitrogens with two attached hydrogens (primary N) is 1. The van der Waals surface area contributed by atoms with E-state index in [0.29, 0.717) is 6.04 Å². The fourth-order valence-electron chi connectivity index (χ4n) is 4.30. The number of aromatic amines is 1. The molecule has 26 heavy (non-hydrogen) atoms. The second-order valence-electron chi connectivity index (χ2n) is 7.48. The molecule has 0 amide bonds. The van der Waals surface area contributed by atoms with Gasteiger partial charge in [0.15, 0.2) is 0 Å². The molecule has 0 radical (unpaired) electrons. The zero-order valence-corrected chi connectivity index (χ0v) is 14.7. The predicted molar refractivity (Wildman–Crippen MR) is 104 cm³/mol. The molecular weight excluding hydrogens is 327 g/mol. The van der Waals surface area contributed by atoms with Crippen molar-refractivity contribution >= 4 is 22.3 Å². The Morgan fingerprint density at radius 1 is 1.04 bits per heavy atom. The number of benzene rings is 2. The molecular formula is C21H23FN4. The normalized spacial score (nSPS) is 20.0. The lowest BCUT2D eigenvalue weighted by Gasteiger charge is -2.31. The zero-order chi connectivity index (χ0) is 17.7. The smallest absolute Gasteiger partial charge is 0.124 e. The Hall–Kier alpha value is -2.53. The van der Waals surface area contributed by atoms with Gasteiger partial charge in [-0.15, -0.1) is 0 Å². The summed E-state index contributed by atoms with van der Waals surface area (Å²) < 4.78 is 13.7. The number of anilines is 2. The van der Waals surface area contributed by atoms with Gasteiger partial charge in [-0.05, 0) is 54.3 Å². The van der Waals surface area contributed by atoms with Crippen molar-refractivity contribution in [2.45, 2.75) is 25.4 Å². The Kier molecular flexibility index (Phi) is 3.64. The summed E-state index contributed by atoms with van der Waals surface area (Å²) in [5.41, 5.74) is 12.2. The molecule has 0 aliphatic carbocycles. The molecule has 2 aliphatic heterocycles. The summed E-state index contributed by atoms with van der Waals surface area (Å²) in [4.78, 5) is 7.99. The molecule has 5 rings (SSSR count). The Balaban J connectivity index is 1.42. The lowest BCUT2D eigenvalue weighted by Crippen LogP contribution is -2.31. The highest BCUT2D eigenvalue weighted by molar-refractivity contribution is 5.93. The fourth-order valence-corrected chi connectivity index (χ4v) is 4.30. The maximum absolute atomic E-state index is 13.7. The number of hydrogen-bond acceptors (Lipinski definition) is 3. The molecule has 0 spiro atoms. The minimum atomic E-state index is -0.191. The van der Waals surface area contributed by atoms with Crippen molar-refractivity contribution in [3.63, 3.8) is 0 Å². The van der Waals surface area contributed by atoms with Crippen LogP contribution in [-0.2, 0) is 13.0 Å². The van der Waals surface area contributed by atoms with Crippen LogP contribution in [0.4, 0.5) is 15.8 Å². The van der Waals surface area contributed by atoms with Crippen LogP contribution in [0.15, 0.2) is 42.6 Å². The number of fused-ring (bicyclic) bond motifs is 2. The minimum absolute atomic E-state index is 0.191. The number of aromatic nitrogens is 1. The van der Waals surface area contributed by atoms with Gasteiger partial charge >= 0.3 is 0 Å². The Morgan fingerprint density at radius 3 is 2.81 bits per heavy atom. The van der Waals surface area contributed by atoms with E-state index in [9.17, 15) is 4.39 Å². The second kappa shape index (κ2) is 6.02. The summed E-state index contributed by atoms with van der Waals surface area (Å²) in [6.45, 7) is 3.80. The Morgan fingerprint density at radius 2 is 1.96 bits per heavy atom. The van der Waals surface area contributed by atoms with Crippen LogP contribution in [0.5, 0.6) is 0 Å². The fraction of sp³-hybridized carbons (Fsp3) is 0.333. The van der Waals surface area contributed by atoms with Crippen LogP contribution in [-0.4, -0.2) is 30.7 Å². The van der Waals surface area contributed by atoms with Crippen LogP contribution >= 0.6 is 0 Å². The van der Waals surface area contributed by atoms with Gasteiger partial charge in [0.2, 0.25) is 0 Å². The standard InChI is InChI=1S/C21H23FN4/c22-16-2-4-20-19(10-16)21(11-24-20)26-7-5-14-9-18(3-1-15(14)12-26)25-8-6-17(23)13-25/h1-4,9-11,17,24H,5-8,12-13,23H2. The summed E-state index contributed by atoms with van der Waals surface area (Å²) in [6.07, 6.45) is 4.07. The molecule has 3 heterocycles. The van der Waals surface area contributed by atoms with E-state index in [4.69, 9.17) is 5.73 Å². The Labute approximate surface area is 152 Å². The molecule has 3 N–H and O–H groups in total. The first kappa shape index (κ1) is 15.7. The van der Waals surface area contributed by atoms with Crippen LogP contribution in [0.25, 0.3) is 10.9 Å². The maximum atomic E-state index is 13.7. The number of H-pyrrole nitrogens is 1. The van der Waals surface area contributed by atoms with Gasteiger partial charge in [0.05, 0.1) is 5.69 Å². The van der Waals surface area contributed by atoms with Gasteiger partial charge < -0.3 is 20.5 Å². The van der Waals surface area contributed by atoms with Gasteiger partial charge in [0.1, 0.15) is 5.82 Å². The van der Waals surface area contributed by atoms with E-state index in [2.05, 4.69) is 33.0 Å². The molecule has 1 fully saturated rings. The van der Waals surface area contributed by atoms with Crippen LogP contribution in [0.3, 0.4) is 0 Å². The van der Waals surface area contributed by atoms with E-state index in [-0.39, 0.29) is 5.82 Å². The van der Waals surface area contributed by atoms with Gasteiger partial charge in [-0.2, -0.15) is 0 Å². The average Bonchev–Trinajstić information content (AvgIpc) is 3.27. The molecule has 2 aliphatic rings. The number of rotatable bonds is 2. The predicted octanol–water partition coefficient (Wildman–Crippen LogP) is 3.41. The van der Waals surface area contributed by atoms with Crippen molar-refractivity contribution < 1.29 is 4.39 Å². The maximum Gasteiger partial charge on any atom is 0.124 e. The molecule has 4 nitrogen and oxygen atoms in total. The van der Waals surface area contributed by atoms with Crippen molar-refractivity contribution in [1.29, 1.82) is 0 Å². The molecule has 5 heteroatoms. The molecule has 134 valence electrons.